The van der Waals surface area contributed by atoms with E-state index >= 15 is 0 Å². The van der Waals surface area contributed by atoms with Crippen LogP contribution in [0.1, 0.15) is 16.8 Å². The zero-order valence-corrected chi connectivity index (χ0v) is 13.7. The molecule has 134 valence electrons. The molecule has 0 atom stereocenters. The maximum Gasteiger partial charge on any atom is 0.422 e. The van der Waals surface area contributed by atoms with Crippen LogP contribution < -0.4 is 15.4 Å². The zero-order valence-electron chi connectivity index (χ0n) is 12.9. The van der Waals surface area contributed by atoms with Crippen LogP contribution >= 0.6 is 11.3 Å². The van der Waals surface area contributed by atoms with Gasteiger partial charge in [-0.1, -0.05) is 0 Å². The molecule has 0 fully saturated rings. The van der Waals surface area contributed by atoms with Gasteiger partial charge in [-0.15, -0.1) is 0 Å². The van der Waals surface area contributed by atoms with Crippen molar-refractivity contribution in [3.8, 4) is 5.75 Å². The largest absolute Gasteiger partial charge is 0.484 e. The SMILES string of the molecule is O=C(CCNC(=O)c1ccsc1)Nc1ccc(OCC(F)(F)F)cc1. The summed E-state index contributed by atoms with van der Waals surface area (Å²) in [5.41, 5.74) is 0.966. The minimum absolute atomic E-state index is 0.0540. The third-order valence-corrected chi connectivity index (χ3v) is 3.64. The second-order valence-corrected chi connectivity index (χ2v) is 5.77. The Morgan fingerprint density at radius 1 is 1.12 bits per heavy atom. The van der Waals surface area contributed by atoms with Crippen molar-refractivity contribution in [3.05, 3.63) is 46.7 Å². The molecule has 0 radical (unpaired) electrons. The molecule has 2 N–H and O–H groups in total. The van der Waals surface area contributed by atoms with Crippen LogP contribution in [0.3, 0.4) is 0 Å². The van der Waals surface area contributed by atoms with Gasteiger partial charge in [0.25, 0.3) is 5.91 Å². The van der Waals surface area contributed by atoms with Gasteiger partial charge in [0, 0.05) is 29.6 Å². The summed E-state index contributed by atoms with van der Waals surface area (Å²) in [4.78, 5) is 23.5. The van der Waals surface area contributed by atoms with Gasteiger partial charge in [0.05, 0.1) is 0 Å². The first-order valence-corrected chi connectivity index (χ1v) is 8.17. The highest BCUT2D eigenvalue weighted by Crippen LogP contribution is 2.20. The predicted octanol–water partition coefficient (Wildman–Crippen LogP) is 3.45. The number of carbonyl (C=O) groups is 2. The average Bonchev–Trinajstić information content (AvgIpc) is 3.08. The summed E-state index contributed by atoms with van der Waals surface area (Å²) >= 11 is 1.40. The number of hydrogen-bond acceptors (Lipinski definition) is 4. The number of thiophene rings is 1. The van der Waals surface area contributed by atoms with Gasteiger partial charge in [0.2, 0.25) is 5.91 Å². The Morgan fingerprint density at radius 2 is 1.84 bits per heavy atom. The lowest BCUT2D eigenvalue weighted by Crippen LogP contribution is -2.27. The van der Waals surface area contributed by atoms with Gasteiger partial charge in [0.15, 0.2) is 6.61 Å². The van der Waals surface area contributed by atoms with Crippen molar-refractivity contribution in [2.75, 3.05) is 18.5 Å². The Balaban J connectivity index is 1.72. The Bertz CT molecular complexity index is 700. The minimum Gasteiger partial charge on any atom is -0.484 e. The van der Waals surface area contributed by atoms with E-state index in [1.54, 1.807) is 16.8 Å². The van der Waals surface area contributed by atoms with Gasteiger partial charge in [0.1, 0.15) is 5.75 Å². The third kappa shape index (κ3) is 6.84. The fourth-order valence-electron chi connectivity index (χ4n) is 1.81. The molecule has 0 bridgehead atoms. The normalized spacial score (nSPS) is 11.0. The number of hydrogen-bond donors (Lipinski definition) is 2. The first-order chi connectivity index (χ1) is 11.8. The van der Waals surface area contributed by atoms with Gasteiger partial charge in [-0.25, -0.2) is 0 Å². The highest BCUT2D eigenvalue weighted by molar-refractivity contribution is 7.08. The fraction of sp³-hybridized carbons (Fsp3) is 0.250. The van der Waals surface area contributed by atoms with E-state index in [0.717, 1.165) is 0 Å². The molecule has 1 heterocycles. The van der Waals surface area contributed by atoms with Gasteiger partial charge >= 0.3 is 6.18 Å². The number of anilines is 1. The maximum absolute atomic E-state index is 12.0. The molecule has 5 nitrogen and oxygen atoms in total. The predicted molar refractivity (Wildman–Crippen MR) is 87.9 cm³/mol. The van der Waals surface area contributed by atoms with Crippen molar-refractivity contribution in [3.63, 3.8) is 0 Å². The summed E-state index contributed by atoms with van der Waals surface area (Å²) in [7, 11) is 0. The summed E-state index contributed by atoms with van der Waals surface area (Å²) in [5.74, 6) is -0.520. The summed E-state index contributed by atoms with van der Waals surface area (Å²) in [6.45, 7) is -1.20. The molecule has 0 spiro atoms. The van der Waals surface area contributed by atoms with Crippen molar-refractivity contribution in [2.24, 2.45) is 0 Å². The molecule has 2 amide bonds. The first-order valence-electron chi connectivity index (χ1n) is 7.23. The molecule has 25 heavy (non-hydrogen) atoms. The van der Waals surface area contributed by atoms with E-state index in [1.165, 1.54) is 35.6 Å². The van der Waals surface area contributed by atoms with E-state index < -0.39 is 12.8 Å². The summed E-state index contributed by atoms with van der Waals surface area (Å²) in [5, 5.41) is 8.69. The van der Waals surface area contributed by atoms with E-state index in [4.69, 9.17) is 0 Å². The molecule has 1 aromatic heterocycles. The fourth-order valence-corrected chi connectivity index (χ4v) is 2.44. The Labute approximate surface area is 145 Å². The van der Waals surface area contributed by atoms with Gasteiger partial charge in [-0.3, -0.25) is 9.59 Å². The molecule has 0 saturated heterocycles. The molecular weight excluding hydrogens is 357 g/mol. The van der Waals surface area contributed by atoms with Crippen LogP contribution in [0.15, 0.2) is 41.1 Å². The number of nitrogens with one attached hydrogen (secondary N) is 2. The number of alkyl halides is 3. The molecule has 0 saturated carbocycles. The van der Waals surface area contributed by atoms with Crippen LogP contribution in [0.5, 0.6) is 5.75 Å². The number of rotatable bonds is 7. The molecule has 9 heteroatoms. The van der Waals surface area contributed by atoms with Gasteiger partial charge in [-0.2, -0.15) is 24.5 Å². The van der Waals surface area contributed by atoms with Crippen LogP contribution in [-0.2, 0) is 4.79 Å². The smallest absolute Gasteiger partial charge is 0.422 e. The Morgan fingerprint density at radius 3 is 2.44 bits per heavy atom. The molecule has 0 unspecified atom stereocenters. The van der Waals surface area contributed by atoms with Crippen LogP contribution in [0.4, 0.5) is 18.9 Å². The Hall–Kier alpha value is -2.55. The molecular formula is C16H15F3N2O3S. The number of amides is 2. The molecule has 0 aliphatic carbocycles. The van der Waals surface area contributed by atoms with E-state index in [1.807, 2.05) is 0 Å². The van der Waals surface area contributed by atoms with Gasteiger partial charge < -0.3 is 15.4 Å². The molecule has 2 rings (SSSR count). The monoisotopic (exact) mass is 372 g/mol. The quantitative estimate of drug-likeness (QED) is 0.782. The third-order valence-electron chi connectivity index (χ3n) is 2.96. The first kappa shape index (κ1) is 18.8. The van der Waals surface area contributed by atoms with Crippen molar-refractivity contribution < 1.29 is 27.5 Å². The topological polar surface area (TPSA) is 67.4 Å². The van der Waals surface area contributed by atoms with E-state index in [9.17, 15) is 22.8 Å². The summed E-state index contributed by atoms with van der Waals surface area (Å²) < 4.78 is 40.7. The van der Waals surface area contributed by atoms with Crippen molar-refractivity contribution >= 4 is 28.8 Å². The van der Waals surface area contributed by atoms with E-state index in [2.05, 4.69) is 15.4 Å². The number of halogens is 3. The maximum atomic E-state index is 12.0. The standard InChI is InChI=1S/C16H15F3N2O3S/c17-16(18,19)10-24-13-3-1-12(2-4-13)21-14(22)5-7-20-15(23)11-6-8-25-9-11/h1-4,6,8-9H,5,7,10H2,(H,20,23)(H,21,22). The van der Waals surface area contributed by atoms with Crippen LogP contribution in [0.25, 0.3) is 0 Å². The number of ether oxygens (including phenoxy) is 1. The molecule has 1 aromatic carbocycles. The van der Waals surface area contributed by atoms with Crippen LogP contribution in [-0.4, -0.2) is 31.1 Å². The lowest BCUT2D eigenvalue weighted by Gasteiger charge is -2.10. The highest BCUT2D eigenvalue weighted by atomic mass is 32.1. The van der Waals surface area contributed by atoms with Crippen molar-refractivity contribution in [1.82, 2.24) is 5.32 Å². The number of benzene rings is 1. The van der Waals surface area contributed by atoms with Gasteiger partial charge in [-0.05, 0) is 35.7 Å². The molecule has 0 aliphatic heterocycles. The highest BCUT2D eigenvalue weighted by Gasteiger charge is 2.28. The zero-order chi connectivity index (χ0) is 18.3. The van der Waals surface area contributed by atoms with Crippen LogP contribution in [0, 0.1) is 0 Å². The van der Waals surface area contributed by atoms with Crippen molar-refractivity contribution in [2.45, 2.75) is 12.6 Å². The lowest BCUT2D eigenvalue weighted by atomic mass is 10.3. The van der Waals surface area contributed by atoms with E-state index in [-0.39, 0.29) is 30.5 Å². The minimum atomic E-state index is -4.40. The average molecular weight is 372 g/mol. The second-order valence-electron chi connectivity index (χ2n) is 4.99. The lowest BCUT2D eigenvalue weighted by molar-refractivity contribution is -0.153. The summed E-state index contributed by atoms with van der Waals surface area (Å²) in [6.07, 6.45) is -4.33. The van der Waals surface area contributed by atoms with E-state index in [0.29, 0.717) is 11.3 Å². The summed E-state index contributed by atoms with van der Waals surface area (Å²) in [6, 6.07) is 7.23. The van der Waals surface area contributed by atoms with Crippen molar-refractivity contribution in [1.29, 1.82) is 0 Å². The Kier molecular flexibility index (Phi) is 6.40. The number of carbonyl (C=O) groups excluding carboxylic acids is 2. The molecule has 0 aliphatic rings. The second kappa shape index (κ2) is 8.52. The molecule has 2 aromatic rings. The van der Waals surface area contributed by atoms with Crippen LogP contribution in [0.2, 0.25) is 0 Å².